The molecular formula is C21H23ClN6O2. The van der Waals surface area contributed by atoms with Crippen LogP contribution in [-0.2, 0) is 0 Å². The van der Waals surface area contributed by atoms with Crippen molar-refractivity contribution in [3.05, 3.63) is 63.9 Å². The molecule has 0 aliphatic carbocycles. The standard InChI is InChI=1S/C21H23ClN6O2/c22-16-4-5-17-18(6-9-24-19(17)15-16)23-8-2-10-26-11-13-27(14-12-26)21-20(28(29)30)3-1-7-25-21/h1,3-7,9,15H,2,8,10-14H2,(H,23,24). The van der Waals surface area contributed by atoms with Crippen LogP contribution in [0.25, 0.3) is 10.9 Å². The van der Waals surface area contributed by atoms with E-state index in [1.807, 2.05) is 29.2 Å². The summed E-state index contributed by atoms with van der Waals surface area (Å²) in [6, 6.07) is 10.8. The molecule has 4 rings (SSSR count). The summed E-state index contributed by atoms with van der Waals surface area (Å²) in [5.41, 5.74) is 2.01. The Balaban J connectivity index is 1.26. The maximum Gasteiger partial charge on any atom is 0.311 e. The zero-order chi connectivity index (χ0) is 20.9. The van der Waals surface area contributed by atoms with Crippen LogP contribution in [0, 0.1) is 10.1 Å². The summed E-state index contributed by atoms with van der Waals surface area (Å²) in [5, 5.41) is 16.5. The van der Waals surface area contributed by atoms with Gasteiger partial charge >= 0.3 is 5.69 Å². The highest BCUT2D eigenvalue weighted by atomic mass is 35.5. The lowest BCUT2D eigenvalue weighted by molar-refractivity contribution is -0.384. The van der Waals surface area contributed by atoms with Crippen molar-refractivity contribution in [2.45, 2.75) is 6.42 Å². The Kier molecular flexibility index (Phi) is 6.25. The maximum atomic E-state index is 11.2. The van der Waals surface area contributed by atoms with Crippen molar-refractivity contribution in [2.24, 2.45) is 0 Å². The summed E-state index contributed by atoms with van der Waals surface area (Å²) in [5.74, 6) is 0.466. The molecule has 1 saturated heterocycles. The number of aromatic nitrogens is 2. The summed E-state index contributed by atoms with van der Waals surface area (Å²) in [6.07, 6.45) is 4.40. The fourth-order valence-corrected chi connectivity index (χ4v) is 3.93. The molecule has 0 atom stereocenters. The first kappa shape index (κ1) is 20.3. The number of benzene rings is 1. The predicted octanol–water partition coefficient (Wildman–Crippen LogP) is 3.82. The number of piperazine rings is 1. The number of pyridine rings is 2. The van der Waals surface area contributed by atoms with E-state index in [2.05, 4.69) is 20.2 Å². The Bertz CT molecular complexity index is 1040. The summed E-state index contributed by atoms with van der Waals surface area (Å²) < 4.78 is 0. The molecule has 0 spiro atoms. The molecule has 156 valence electrons. The van der Waals surface area contributed by atoms with Crippen LogP contribution in [-0.4, -0.2) is 59.1 Å². The predicted molar refractivity (Wildman–Crippen MR) is 119 cm³/mol. The second kappa shape index (κ2) is 9.23. The number of nitrogens with one attached hydrogen (secondary N) is 1. The molecule has 0 bridgehead atoms. The average Bonchev–Trinajstić information content (AvgIpc) is 2.77. The van der Waals surface area contributed by atoms with E-state index < -0.39 is 0 Å². The molecule has 1 aliphatic rings. The van der Waals surface area contributed by atoms with Crippen molar-refractivity contribution in [1.82, 2.24) is 14.9 Å². The number of anilines is 2. The minimum atomic E-state index is -0.364. The average molecular weight is 427 g/mol. The maximum absolute atomic E-state index is 11.2. The lowest BCUT2D eigenvalue weighted by Gasteiger charge is -2.35. The molecule has 9 heteroatoms. The lowest BCUT2D eigenvalue weighted by Crippen LogP contribution is -2.47. The Morgan fingerprint density at radius 1 is 1.10 bits per heavy atom. The summed E-state index contributed by atoms with van der Waals surface area (Å²) >= 11 is 6.05. The molecule has 2 aromatic heterocycles. The van der Waals surface area contributed by atoms with Gasteiger partial charge in [0, 0.05) is 67.3 Å². The summed E-state index contributed by atoms with van der Waals surface area (Å²) in [6.45, 7) is 5.03. The highest BCUT2D eigenvalue weighted by molar-refractivity contribution is 6.31. The third-order valence-corrected chi connectivity index (χ3v) is 5.54. The first-order valence-electron chi connectivity index (χ1n) is 9.97. The van der Waals surface area contributed by atoms with Gasteiger partial charge in [-0.3, -0.25) is 20.0 Å². The van der Waals surface area contributed by atoms with Gasteiger partial charge in [-0.2, -0.15) is 0 Å². The first-order chi connectivity index (χ1) is 14.6. The van der Waals surface area contributed by atoms with Gasteiger partial charge in [-0.25, -0.2) is 4.98 Å². The van der Waals surface area contributed by atoms with Crippen LogP contribution >= 0.6 is 11.6 Å². The molecule has 0 unspecified atom stereocenters. The minimum Gasteiger partial charge on any atom is -0.384 e. The van der Waals surface area contributed by atoms with Crippen LogP contribution in [0.2, 0.25) is 5.02 Å². The Hall–Kier alpha value is -2.97. The molecule has 1 aromatic carbocycles. The summed E-state index contributed by atoms with van der Waals surface area (Å²) in [4.78, 5) is 23.9. The van der Waals surface area contributed by atoms with Gasteiger partial charge in [0.15, 0.2) is 0 Å². The topological polar surface area (TPSA) is 87.4 Å². The fourth-order valence-electron chi connectivity index (χ4n) is 3.76. The number of fused-ring (bicyclic) bond motifs is 1. The largest absolute Gasteiger partial charge is 0.384 e. The van der Waals surface area contributed by atoms with Gasteiger partial charge in [0.05, 0.1) is 10.4 Å². The smallest absolute Gasteiger partial charge is 0.311 e. The summed E-state index contributed by atoms with van der Waals surface area (Å²) in [7, 11) is 0. The minimum absolute atomic E-state index is 0.0704. The SMILES string of the molecule is O=[N+]([O-])c1cccnc1N1CCN(CCCNc2ccnc3cc(Cl)ccc23)CC1. The molecule has 1 fully saturated rings. The van der Waals surface area contributed by atoms with Gasteiger partial charge in [-0.05, 0) is 43.3 Å². The number of halogens is 1. The van der Waals surface area contributed by atoms with Crippen LogP contribution in [0.15, 0.2) is 48.8 Å². The van der Waals surface area contributed by atoms with E-state index in [0.29, 0.717) is 10.8 Å². The van der Waals surface area contributed by atoms with Gasteiger partial charge in [0.25, 0.3) is 0 Å². The van der Waals surface area contributed by atoms with E-state index >= 15 is 0 Å². The van der Waals surface area contributed by atoms with E-state index in [9.17, 15) is 10.1 Å². The molecule has 0 amide bonds. The van der Waals surface area contributed by atoms with E-state index in [1.54, 1.807) is 18.5 Å². The third kappa shape index (κ3) is 4.60. The monoisotopic (exact) mass is 426 g/mol. The molecule has 8 nitrogen and oxygen atoms in total. The molecule has 0 saturated carbocycles. The van der Waals surface area contributed by atoms with Crippen molar-refractivity contribution in [3.63, 3.8) is 0 Å². The zero-order valence-electron chi connectivity index (χ0n) is 16.5. The lowest BCUT2D eigenvalue weighted by atomic mass is 10.2. The second-order valence-electron chi connectivity index (χ2n) is 7.23. The molecule has 3 heterocycles. The molecular weight excluding hydrogens is 404 g/mol. The van der Waals surface area contributed by atoms with Gasteiger partial charge < -0.3 is 10.2 Å². The number of nitrogens with zero attached hydrogens (tertiary/aromatic N) is 5. The van der Waals surface area contributed by atoms with Gasteiger partial charge in [-0.15, -0.1) is 0 Å². The molecule has 30 heavy (non-hydrogen) atoms. The molecule has 1 aliphatic heterocycles. The van der Waals surface area contributed by atoms with E-state index in [-0.39, 0.29) is 10.6 Å². The Labute approximate surface area is 179 Å². The van der Waals surface area contributed by atoms with E-state index in [1.165, 1.54) is 6.07 Å². The van der Waals surface area contributed by atoms with Crippen LogP contribution in [0.4, 0.5) is 17.2 Å². The second-order valence-corrected chi connectivity index (χ2v) is 7.67. The normalized spacial score (nSPS) is 14.8. The van der Waals surface area contributed by atoms with Gasteiger partial charge in [0.2, 0.25) is 5.82 Å². The fraction of sp³-hybridized carbons (Fsp3) is 0.333. The van der Waals surface area contributed by atoms with Gasteiger partial charge in [-0.1, -0.05) is 11.6 Å². The van der Waals surface area contributed by atoms with Crippen molar-refractivity contribution < 1.29 is 4.92 Å². The number of hydrogen-bond acceptors (Lipinski definition) is 7. The van der Waals surface area contributed by atoms with Crippen LogP contribution in [0.5, 0.6) is 0 Å². The van der Waals surface area contributed by atoms with Crippen LogP contribution < -0.4 is 10.2 Å². The number of rotatable bonds is 7. The van der Waals surface area contributed by atoms with Crippen molar-refractivity contribution in [1.29, 1.82) is 0 Å². The van der Waals surface area contributed by atoms with Crippen LogP contribution in [0.1, 0.15) is 6.42 Å². The Morgan fingerprint density at radius 3 is 2.73 bits per heavy atom. The van der Waals surface area contributed by atoms with Crippen molar-refractivity contribution in [3.8, 4) is 0 Å². The quantitative estimate of drug-likeness (QED) is 0.349. The molecule has 1 N–H and O–H groups in total. The molecule has 3 aromatic rings. The van der Waals surface area contributed by atoms with Crippen LogP contribution in [0.3, 0.4) is 0 Å². The van der Waals surface area contributed by atoms with Crippen molar-refractivity contribution >= 4 is 39.7 Å². The zero-order valence-corrected chi connectivity index (χ0v) is 17.3. The highest BCUT2D eigenvalue weighted by Gasteiger charge is 2.24. The highest BCUT2D eigenvalue weighted by Crippen LogP contribution is 2.26. The third-order valence-electron chi connectivity index (χ3n) is 5.31. The van der Waals surface area contributed by atoms with E-state index in [0.717, 1.165) is 62.3 Å². The first-order valence-corrected chi connectivity index (χ1v) is 10.3. The number of hydrogen-bond donors (Lipinski definition) is 1. The van der Waals surface area contributed by atoms with Gasteiger partial charge in [0.1, 0.15) is 0 Å². The Morgan fingerprint density at radius 2 is 1.93 bits per heavy atom. The molecule has 0 radical (unpaired) electrons. The number of nitro groups is 1. The van der Waals surface area contributed by atoms with E-state index in [4.69, 9.17) is 11.6 Å². The van der Waals surface area contributed by atoms with Crippen molar-refractivity contribution in [2.75, 3.05) is 49.5 Å².